The molecule has 0 bridgehead atoms. The van der Waals surface area contributed by atoms with Crippen LogP contribution in [0.1, 0.15) is 81.5 Å². The first-order chi connectivity index (χ1) is 15.8. The van der Waals surface area contributed by atoms with Gasteiger partial charge in [0.1, 0.15) is 17.5 Å². The van der Waals surface area contributed by atoms with E-state index in [9.17, 15) is 19.2 Å². The van der Waals surface area contributed by atoms with E-state index in [0.717, 1.165) is 35.1 Å². The van der Waals surface area contributed by atoms with Crippen LogP contribution in [0.3, 0.4) is 0 Å². The summed E-state index contributed by atoms with van der Waals surface area (Å²) in [6, 6.07) is 3.56. The third kappa shape index (κ3) is 4.17. The third-order valence-electron chi connectivity index (χ3n) is 7.64. The fraction of sp³-hybridized carbons (Fsp3) is 0.571. The van der Waals surface area contributed by atoms with Gasteiger partial charge in [0.15, 0.2) is 0 Å². The molecule has 1 saturated heterocycles. The van der Waals surface area contributed by atoms with Crippen molar-refractivity contribution in [1.29, 1.82) is 0 Å². The van der Waals surface area contributed by atoms with Crippen molar-refractivity contribution in [2.75, 3.05) is 13.1 Å². The molecule has 1 aromatic carbocycles. The van der Waals surface area contributed by atoms with Crippen molar-refractivity contribution in [2.45, 2.75) is 73.1 Å². The topological polar surface area (TPSA) is 83.6 Å². The number of benzene rings is 1. The van der Waals surface area contributed by atoms with Crippen molar-refractivity contribution >= 4 is 23.5 Å². The van der Waals surface area contributed by atoms with Gasteiger partial charge in [-0.15, -0.1) is 5.92 Å². The van der Waals surface area contributed by atoms with E-state index in [1.165, 1.54) is 0 Å². The molecule has 34 heavy (non-hydrogen) atoms. The Morgan fingerprint density at radius 2 is 1.53 bits per heavy atom. The number of amides is 3. The Morgan fingerprint density at radius 1 is 1.00 bits per heavy atom. The third-order valence-corrected chi connectivity index (χ3v) is 7.64. The Kier molecular flexibility index (Phi) is 5.75. The fourth-order valence-electron chi connectivity index (χ4n) is 6.44. The number of rotatable bonds is 1. The van der Waals surface area contributed by atoms with Gasteiger partial charge < -0.3 is 4.90 Å². The summed E-state index contributed by atoms with van der Waals surface area (Å²) in [6.07, 6.45) is 2.39. The first-order valence-corrected chi connectivity index (χ1v) is 12.0. The van der Waals surface area contributed by atoms with Crippen LogP contribution in [0.25, 0.3) is 0 Å². The number of hydrogen-bond acceptors (Lipinski definition) is 4. The number of ketones is 2. The monoisotopic (exact) mass is 462 g/mol. The molecule has 3 fully saturated rings. The van der Waals surface area contributed by atoms with E-state index in [-0.39, 0.29) is 34.3 Å². The van der Waals surface area contributed by atoms with Gasteiger partial charge in [0.05, 0.1) is 0 Å². The number of Topliss-reactive ketones (excluding diaryl/α,β-unsaturated/α-hetero) is 2. The highest BCUT2D eigenvalue weighted by Crippen LogP contribution is 2.64. The van der Waals surface area contributed by atoms with Gasteiger partial charge in [-0.1, -0.05) is 26.7 Å². The molecule has 3 aliphatic rings. The molecular formula is C28H34N2O4. The second-order valence-corrected chi connectivity index (χ2v) is 11.8. The summed E-state index contributed by atoms with van der Waals surface area (Å²) in [5, 5.41) is 2.47. The Balaban J connectivity index is 1.39. The van der Waals surface area contributed by atoms with Crippen LogP contribution in [0.4, 0.5) is 4.79 Å². The predicted octanol–water partition coefficient (Wildman–Crippen LogP) is 4.05. The molecule has 4 rings (SSSR count). The fourth-order valence-corrected chi connectivity index (χ4v) is 6.44. The van der Waals surface area contributed by atoms with Crippen LogP contribution in [0.5, 0.6) is 0 Å². The highest BCUT2D eigenvalue weighted by molar-refractivity contribution is 6.10. The molecule has 0 atom stereocenters. The van der Waals surface area contributed by atoms with Gasteiger partial charge in [0.25, 0.3) is 0 Å². The Bertz CT molecular complexity index is 1100. The molecule has 180 valence electrons. The lowest BCUT2D eigenvalue weighted by atomic mass is 9.45. The van der Waals surface area contributed by atoms with Gasteiger partial charge in [-0.05, 0) is 67.9 Å². The van der Waals surface area contributed by atoms with Gasteiger partial charge in [-0.3, -0.25) is 19.7 Å². The number of imide groups is 1. The van der Waals surface area contributed by atoms with Gasteiger partial charge in [0, 0.05) is 42.3 Å². The smallest absolute Gasteiger partial charge is 0.323 e. The molecule has 2 saturated carbocycles. The van der Waals surface area contributed by atoms with E-state index >= 15 is 0 Å². The van der Waals surface area contributed by atoms with E-state index in [1.807, 2.05) is 26.0 Å². The summed E-state index contributed by atoms with van der Waals surface area (Å²) in [4.78, 5) is 52.7. The molecule has 2 aliphatic carbocycles. The Morgan fingerprint density at radius 3 is 2.00 bits per heavy atom. The van der Waals surface area contributed by atoms with Crippen molar-refractivity contribution in [1.82, 2.24) is 10.2 Å². The lowest BCUT2D eigenvalue weighted by Gasteiger charge is -2.65. The maximum Gasteiger partial charge on any atom is 0.324 e. The second kappa shape index (κ2) is 8.08. The van der Waals surface area contributed by atoms with Gasteiger partial charge >= 0.3 is 6.03 Å². The molecule has 3 amide bonds. The minimum Gasteiger partial charge on any atom is -0.323 e. The minimum absolute atomic E-state index is 0.0105. The lowest BCUT2D eigenvalue weighted by molar-refractivity contribution is -0.162. The lowest BCUT2D eigenvalue weighted by Crippen LogP contribution is -2.69. The molecule has 0 aromatic heterocycles. The number of hydrogen-bond donors (Lipinski definition) is 1. The number of nitrogens with one attached hydrogen (secondary N) is 1. The highest BCUT2D eigenvalue weighted by atomic mass is 16.2. The number of carbonyl (C=O) groups excluding carboxylic acids is 4. The summed E-state index contributed by atoms with van der Waals surface area (Å²) in [5.74, 6) is 4.99. The molecule has 6 nitrogen and oxygen atoms in total. The molecule has 1 N–H and O–H groups in total. The van der Waals surface area contributed by atoms with Crippen LogP contribution < -0.4 is 5.32 Å². The zero-order valence-corrected chi connectivity index (χ0v) is 21.1. The van der Waals surface area contributed by atoms with Crippen LogP contribution in [0.2, 0.25) is 0 Å². The number of likely N-dealkylation sites (tertiary alicyclic amines) is 1. The highest BCUT2D eigenvalue weighted by Gasteiger charge is 2.63. The van der Waals surface area contributed by atoms with E-state index in [0.29, 0.717) is 25.9 Å². The van der Waals surface area contributed by atoms with Crippen molar-refractivity contribution in [3.63, 3.8) is 0 Å². The Labute approximate surface area is 201 Å². The summed E-state index contributed by atoms with van der Waals surface area (Å²) in [7, 11) is 0. The molecule has 1 aliphatic heterocycles. The number of aryl methyl sites for hydroxylation is 2. The molecule has 0 unspecified atom stereocenters. The van der Waals surface area contributed by atoms with E-state index in [4.69, 9.17) is 0 Å². The Hall–Kier alpha value is -2.94. The van der Waals surface area contributed by atoms with Gasteiger partial charge in [0.2, 0.25) is 5.91 Å². The first kappa shape index (κ1) is 24.2. The van der Waals surface area contributed by atoms with Crippen molar-refractivity contribution in [3.05, 3.63) is 34.4 Å². The second-order valence-electron chi connectivity index (χ2n) is 11.8. The average Bonchev–Trinajstić information content (AvgIpc) is 2.64. The molecular weight excluding hydrogens is 428 g/mol. The van der Waals surface area contributed by atoms with Crippen molar-refractivity contribution in [3.8, 4) is 11.8 Å². The first-order valence-electron chi connectivity index (χ1n) is 12.0. The number of nitrogens with zero attached hydrogens (tertiary/aromatic N) is 1. The predicted molar refractivity (Wildman–Crippen MR) is 129 cm³/mol. The van der Waals surface area contributed by atoms with E-state index < -0.39 is 11.3 Å². The standard InChI is InChI=1S/C28H34N2O4/c1-7-8-19-9-17(2)22(18(3)10-19)23-20(31)11-27(12-21(23)32)13-28(14-27)15-30(16-28)25(34)29-24(33)26(4,5)6/h9-10,23H,11-16H2,1-6H3,(H,29,33,34). The maximum atomic E-state index is 13.3. The molecule has 0 radical (unpaired) electrons. The molecule has 6 heteroatoms. The summed E-state index contributed by atoms with van der Waals surface area (Å²) in [5.41, 5.74) is 2.70. The maximum absolute atomic E-state index is 13.3. The molecule has 1 heterocycles. The van der Waals surface area contributed by atoms with Gasteiger partial charge in [-0.25, -0.2) is 4.79 Å². The van der Waals surface area contributed by atoms with Gasteiger partial charge in [-0.2, -0.15) is 0 Å². The molecule has 1 aromatic rings. The van der Waals surface area contributed by atoms with Crippen LogP contribution in [-0.2, 0) is 14.4 Å². The number of urea groups is 1. The summed E-state index contributed by atoms with van der Waals surface area (Å²) in [6.45, 7) is 12.1. The largest absolute Gasteiger partial charge is 0.324 e. The van der Waals surface area contributed by atoms with Crippen molar-refractivity contribution < 1.29 is 19.2 Å². The minimum atomic E-state index is -0.683. The van der Waals surface area contributed by atoms with Crippen LogP contribution in [0.15, 0.2) is 12.1 Å². The quantitative estimate of drug-likeness (QED) is 0.504. The zero-order chi connectivity index (χ0) is 25.1. The van der Waals surface area contributed by atoms with Crippen LogP contribution >= 0.6 is 0 Å². The zero-order valence-electron chi connectivity index (χ0n) is 21.1. The van der Waals surface area contributed by atoms with E-state index in [2.05, 4.69) is 17.2 Å². The summed E-state index contributed by atoms with van der Waals surface area (Å²) >= 11 is 0. The van der Waals surface area contributed by atoms with E-state index in [1.54, 1.807) is 32.6 Å². The van der Waals surface area contributed by atoms with Crippen LogP contribution in [0, 0.1) is 41.9 Å². The normalized spacial score (nSPS) is 20.9. The molecule has 2 spiro atoms. The number of carbonyl (C=O) groups is 4. The SMILES string of the molecule is CC#Cc1cc(C)c(C2C(=O)CC3(CC2=O)CC2(CN(C(=O)NC(=O)C(C)(C)C)C2)C3)c(C)c1. The average molecular weight is 463 g/mol. The summed E-state index contributed by atoms with van der Waals surface area (Å²) < 4.78 is 0. The van der Waals surface area contributed by atoms with Crippen molar-refractivity contribution in [2.24, 2.45) is 16.2 Å². The van der Waals surface area contributed by atoms with Crippen LogP contribution in [-0.4, -0.2) is 41.5 Å².